The number of rotatable bonds is 3. The Hall–Kier alpha value is -1.19. The fraction of sp³-hybridized carbons (Fsp3) is 0.750. The van der Waals surface area contributed by atoms with E-state index in [0.29, 0.717) is 5.78 Å². The van der Waals surface area contributed by atoms with E-state index in [9.17, 15) is 4.79 Å². The molecule has 0 bridgehead atoms. The fourth-order valence-corrected chi connectivity index (χ4v) is 2.38. The summed E-state index contributed by atoms with van der Waals surface area (Å²) in [5.74, 6) is 1.56. The van der Waals surface area contributed by atoms with Crippen molar-refractivity contribution in [3.05, 3.63) is 12.2 Å². The second-order valence-corrected chi connectivity index (χ2v) is 4.46. The molecule has 0 N–H and O–H groups in total. The van der Waals surface area contributed by atoms with Crippen LogP contribution in [0.1, 0.15) is 44.9 Å². The Kier molecular flexibility index (Phi) is 3.70. The van der Waals surface area contributed by atoms with Crippen LogP contribution in [-0.4, -0.2) is 20.5 Å². The molecule has 1 saturated carbocycles. The maximum absolute atomic E-state index is 11.9. The third kappa shape index (κ3) is 2.49. The Bertz CT molecular complexity index is 359. The van der Waals surface area contributed by atoms with E-state index in [-0.39, 0.29) is 5.92 Å². The molecule has 0 saturated heterocycles. The Morgan fingerprint density at radius 3 is 3.12 bits per heavy atom. The van der Waals surface area contributed by atoms with Crippen molar-refractivity contribution in [1.29, 1.82) is 0 Å². The largest absolute Gasteiger partial charge is 0.299 e. The molecule has 1 heterocycles. The van der Waals surface area contributed by atoms with Crippen LogP contribution in [0.4, 0.5) is 0 Å². The average Bonchev–Trinajstić information content (AvgIpc) is 2.64. The molecule has 4 heteroatoms. The van der Waals surface area contributed by atoms with Gasteiger partial charge in [-0.2, -0.15) is 5.10 Å². The molecule has 1 fully saturated rings. The lowest BCUT2D eigenvalue weighted by molar-refractivity contribution is -0.122. The van der Waals surface area contributed by atoms with Crippen molar-refractivity contribution < 1.29 is 4.79 Å². The molecule has 0 aromatic carbocycles. The monoisotopic (exact) mass is 221 g/mol. The Morgan fingerprint density at radius 1 is 1.44 bits per heavy atom. The summed E-state index contributed by atoms with van der Waals surface area (Å²) in [6.07, 6.45) is 7.57. The van der Waals surface area contributed by atoms with Gasteiger partial charge in [0.15, 0.2) is 0 Å². The maximum Gasteiger partial charge on any atom is 0.138 e. The zero-order chi connectivity index (χ0) is 11.4. The fourth-order valence-electron chi connectivity index (χ4n) is 2.38. The first-order valence-corrected chi connectivity index (χ1v) is 6.20. The standard InChI is InChI=1S/C12H19N3O/c1-2-15-12(13-9-14-15)8-10-6-4-3-5-7-11(10)16/h9-10H,2-8H2,1H3. The molecule has 2 rings (SSSR count). The molecular weight excluding hydrogens is 202 g/mol. The van der Waals surface area contributed by atoms with Gasteiger partial charge in [0.25, 0.3) is 0 Å². The molecule has 1 aliphatic carbocycles. The minimum atomic E-state index is 0.178. The Morgan fingerprint density at radius 2 is 2.31 bits per heavy atom. The minimum Gasteiger partial charge on any atom is -0.299 e. The van der Waals surface area contributed by atoms with E-state index in [1.807, 2.05) is 11.6 Å². The van der Waals surface area contributed by atoms with Gasteiger partial charge in [-0.25, -0.2) is 4.98 Å². The molecule has 88 valence electrons. The number of hydrogen-bond donors (Lipinski definition) is 0. The smallest absolute Gasteiger partial charge is 0.138 e. The van der Waals surface area contributed by atoms with Gasteiger partial charge in [-0.1, -0.05) is 12.8 Å². The van der Waals surface area contributed by atoms with E-state index in [0.717, 1.165) is 38.1 Å². The quantitative estimate of drug-likeness (QED) is 0.733. The van der Waals surface area contributed by atoms with Crippen molar-refractivity contribution in [3.8, 4) is 0 Å². The van der Waals surface area contributed by atoms with E-state index < -0.39 is 0 Å². The van der Waals surface area contributed by atoms with Crippen LogP contribution in [0.15, 0.2) is 6.33 Å². The highest BCUT2D eigenvalue weighted by atomic mass is 16.1. The molecule has 1 aromatic rings. The topological polar surface area (TPSA) is 47.8 Å². The Labute approximate surface area is 96.1 Å². The molecule has 0 radical (unpaired) electrons. The summed E-state index contributed by atoms with van der Waals surface area (Å²) < 4.78 is 1.89. The van der Waals surface area contributed by atoms with E-state index in [1.165, 1.54) is 12.8 Å². The third-order valence-electron chi connectivity index (χ3n) is 3.36. The highest BCUT2D eigenvalue weighted by Gasteiger charge is 2.22. The summed E-state index contributed by atoms with van der Waals surface area (Å²) in [6, 6.07) is 0. The maximum atomic E-state index is 11.9. The molecule has 0 amide bonds. The second kappa shape index (κ2) is 5.23. The number of ketones is 1. The predicted octanol–water partition coefficient (Wildman–Crippen LogP) is 1.99. The van der Waals surface area contributed by atoms with Gasteiger partial charge in [-0.3, -0.25) is 9.48 Å². The van der Waals surface area contributed by atoms with Crippen LogP contribution >= 0.6 is 0 Å². The molecule has 1 aromatic heterocycles. The zero-order valence-corrected chi connectivity index (χ0v) is 9.85. The van der Waals surface area contributed by atoms with Crippen molar-refractivity contribution in [1.82, 2.24) is 14.8 Å². The van der Waals surface area contributed by atoms with Gasteiger partial charge in [0.2, 0.25) is 0 Å². The zero-order valence-electron chi connectivity index (χ0n) is 9.85. The Balaban J connectivity index is 2.04. The normalized spacial score (nSPS) is 22.1. The third-order valence-corrected chi connectivity index (χ3v) is 3.36. The van der Waals surface area contributed by atoms with Gasteiger partial charge in [-0.05, 0) is 19.8 Å². The molecule has 1 unspecified atom stereocenters. The lowest BCUT2D eigenvalue weighted by Gasteiger charge is -2.12. The predicted molar refractivity (Wildman–Crippen MR) is 61.0 cm³/mol. The highest BCUT2D eigenvalue weighted by molar-refractivity contribution is 5.81. The van der Waals surface area contributed by atoms with Gasteiger partial charge in [0.05, 0.1) is 0 Å². The van der Waals surface area contributed by atoms with Crippen LogP contribution in [0.3, 0.4) is 0 Å². The van der Waals surface area contributed by atoms with E-state index in [1.54, 1.807) is 6.33 Å². The number of aryl methyl sites for hydroxylation is 1. The summed E-state index contributed by atoms with van der Waals surface area (Å²) >= 11 is 0. The van der Waals surface area contributed by atoms with Crippen molar-refractivity contribution in [2.75, 3.05) is 0 Å². The molecular formula is C12H19N3O. The van der Waals surface area contributed by atoms with Crippen LogP contribution in [-0.2, 0) is 17.8 Å². The van der Waals surface area contributed by atoms with Crippen molar-refractivity contribution in [3.63, 3.8) is 0 Å². The van der Waals surface area contributed by atoms with Crippen LogP contribution in [0, 0.1) is 5.92 Å². The van der Waals surface area contributed by atoms with E-state index >= 15 is 0 Å². The molecule has 16 heavy (non-hydrogen) atoms. The van der Waals surface area contributed by atoms with Crippen molar-refractivity contribution in [2.24, 2.45) is 5.92 Å². The number of hydrogen-bond acceptors (Lipinski definition) is 3. The summed E-state index contributed by atoms with van der Waals surface area (Å²) in [5, 5.41) is 4.14. The number of carbonyl (C=O) groups excluding carboxylic acids is 1. The summed E-state index contributed by atoms with van der Waals surface area (Å²) in [6.45, 7) is 2.88. The van der Waals surface area contributed by atoms with Gasteiger partial charge < -0.3 is 0 Å². The van der Waals surface area contributed by atoms with Gasteiger partial charge in [0, 0.05) is 25.3 Å². The molecule has 0 aliphatic heterocycles. The number of nitrogens with zero attached hydrogens (tertiary/aromatic N) is 3. The molecule has 4 nitrogen and oxygen atoms in total. The lowest BCUT2D eigenvalue weighted by Crippen LogP contribution is -2.18. The first-order chi connectivity index (χ1) is 7.81. The SMILES string of the molecule is CCn1ncnc1CC1CCCCCC1=O. The lowest BCUT2D eigenvalue weighted by atomic mass is 9.95. The number of aromatic nitrogens is 3. The number of Topliss-reactive ketones (excluding diaryl/α,β-unsaturated/α-hetero) is 1. The second-order valence-electron chi connectivity index (χ2n) is 4.46. The molecule has 1 aliphatic rings. The minimum absolute atomic E-state index is 0.178. The molecule has 0 spiro atoms. The first-order valence-electron chi connectivity index (χ1n) is 6.20. The van der Waals surface area contributed by atoms with Crippen LogP contribution < -0.4 is 0 Å². The van der Waals surface area contributed by atoms with Crippen LogP contribution in [0.5, 0.6) is 0 Å². The van der Waals surface area contributed by atoms with Gasteiger partial charge in [0.1, 0.15) is 17.9 Å². The van der Waals surface area contributed by atoms with Crippen molar-refractivity contribution in [2.45, 2.75) is 52.0 Å². The van der Waals surface area contributed by atoms with Crippen molar-refractivity contribution >= 4 is 5.78 Å². The summed E-state index contributed by atoms with van der Waals surface area (Å²) in [7, 11) is 0. The average molecular weight is 221 g/mol. The first kappa shape index (κ1) is 11.3. The van der Waals surface area contributed by atoms with Crippen LogP contribution in [0.2, 0.25) is 0 Å². The van der Waals surface area contributed by atoms with Gasteiger partial charge in [-0.15, -0.1) is 0 Å². The summed E-state index contributed by atoms with van der Waals surface area (Å²) in [5.41, 5.74) is 0. The number of carbonyl (C=O) groups is 1. The molecule has 1 atom stereocenters. The summed E-state index contributed by atoms with van der Waals surface area (Å²) in [4.78, 5) is 16.1. The van der Waals surface area contributed by atoms with Crippen LogP contribution in [0.25, 0.3) is 0 Å². The van der Waals surface area contributed by atoms with E-state index in [2.05, 4.69) is 10.1 Å². The van der Waals surface area contributed by atoms with Gasteiger partial charge >= 0.3 is 0 Å². The van der Waals surface area contributed by atoms with E-state index in [4.69, 9.17) is 0 Å². The highest BCUT2D eigenvalue weighted by Crippen LogP contribution is 2.22.